The Hall–Kier alpha value is -2.09. The van der Waals surface area contributed by atoms with Gasteiger partial charge >= 0.3 is 5.69 Å². The number of hydrogen-bond donors (Lipinski definition) is 1. The van der Waals surface area contributed by atoms with E-state index in [9.17, 15) is 10.1 Å². The fourth-order valence-corrected chi connectivity index (χ4v) is 1.24. The standard InChI is InChI=1S/C11H13N3O2/c1-2-3-4-5-8-12-11-10(14(15)16)7-6-9-13-11/h1,6-7,9H,3-5,8H2,(H,12,13). The Bertz CT molecular complexity index is 398. The Morgan fingerprint density at radius 1 is 1.56 bits per heavy atom. The molecule has 1 aromatic rings. The molecule has 0 amide bonds. The lowest BCUT2D eigenvalue weighted by Gasteiger charge is -2.04. The normalized spacial score (nSPS) is 9.44. The van der Waals surface area contributed by atoms with Crippen molar-refractivity contribution in [3.63, 3.8) is 0 Å². The predicted molar refractivity (Wildman–Crippen MR) is 62.1 cm³/mol. The molecule has 16 heavy (non-hydrogen) atoms. The number of terminal acetylenes is 1. The van der Waals surface area contributed by atoms with E-state index >= 15 is 0 Å². The Morgan fingerprint density at radius 3 is 3.06 bits per heavy atom. The maximum absolute atomic E-state index is 10.7. The summed E-state index contributed by atoms with van der Waals surface area (Å²) in [5.74, 6) is 2.86. The maximum Gasteiger partial charge on any atom is 0.311 e. The van der Waals surface area contributed by atoms with Crippen LogP contribution in [-0.2, 0) is 0 Å². The lowest BCUT2D eigenvalue weighted by atomic mass is 10.2. The van der Waals surface area contributed by atoms with Gasteiger partial charge in [-0.1, -0.05) is 0 Å². The smallest absolute Gasteiger partial charge is 0.311 e. The summed E-state index contributed by atoms with van der Waals surface area (Å²) in [6, 6.07) is 2.97. The molecule has 0 aliphatic heterocycles. The van der Waals surface area contributed by atoms with Crippen LogP contribution in [0.3, 0.4) is 0 Å². The maximum atomic E-state index is 10.7. The zero-order chi connectivity index (χ0) is 11.8. The van der Waals surface area contributed by atoms with E-state index in [1.165, 1.54) is 12.3 Å². The van der Waals surface area contributed by atoms with E-state index in [0.29, 0.717) is 12.4 Å². The summed E-state index contributed by atoms with van der Waals surface area (Å²) in [4.78, 5) is 14.1. The van der Waals surface area contributed by atoms with Crippen LogP contribution in [0.1, 0.15) is 19.3 Å². The largest absolute Gasteiger partial charge is 0.364 e. The Labute approximate surface area is 94.0 Å². The van der Waals surface area contributed by atoms with Crippen molar-refractivity contribution in [2.24, 2.45) is 0 Å². The summed E-state index contributed by atoms with van der Waals surface area (Å²) in [5, 5.41) is 13.6. The van der Waals surface area contributed by atoms with Gasteiger partial charge in [-0.25, -0.2) is 4.98 Å². The van der Waals surface area contributed by atoms with Crippen molar-refractivity contribution in [1.29, 1.82) is 0 Å². The van der Waals surface area contributed by atoms with E-state index in [1.807, 2.05) is 0 Å². The molecule has 0 spiro atoms. The van der Waals surface area contributed by atoms with Crippen LogP contribution in [0.4, 0.5) is 11.5 Å². The Kier molecular flexibility index (Phi) is 4.80. The van der Waals surface area contributed by atoms with Gasteiger partial charge in [0.25, 0.3) is 0 Å². The highest BCUT2D eigenvalue weighted by Crippen LogP contribution is 2.19. The summed E-state index contributed by atoms with van der Waals surface area (Å²) in [6.45, 7) is 0.638. The molecule has 5 nitrogen and oxygen atoms in total. The third-order valence-electron chi connectivity index (χ3n) is 2.02. The molecule has 0 unspecified atom stereocenters. The van der Waals surface area contributed by atoms with Crippen molar-refractivity contribution in [2.75, 3.05) is 11.9 Å². The molecule has 0 saturated carbocycles. The molecule has 1 rings (SSSR count). The molecule has 5 heteroatoms. The fraction of sp³-hybridized carbons (Fsp3) is 0.364. The Balaban J connectivity index is 2.47. The number of nitrogens with zero attached hydrogens (tertiary/aromatic N) is 2. The average molecular weight is 219 g/mol. The van der Waals surface area contributed by atoms with Gasteiger partial charge in [0.2, 0.25) is 5.82 Å². The first-order valence-corrected chi connectivity index (χ1v) is 5.02. The van der Waals surface area contributed by atoms with Gasteiger partial charge in [0.05, 0.1) is 4.92 Å². The van der Waals surface area contributed by atoms with Crippen LogP contribution in [-0.4, -0.2) is 16.5 Å². The van der Waals surface area contributed by atoms with Crippen LogP contribution in [0.15, 0.2) is 18.3 Å². The number of nitrogens with one attached hydrogen (secondary N) is 1. The molecule has 0 atom stereocenters. The van der Waals surface area contributed by atoms with Crippen LogP contribution >= 0.6 is 0 Å². The van der Waals surface area contributed by atoms with E-state index in [4.69, 9.17) is 6.42 Å². The van der Waals surface area contributed by atoms with E-state index < -0.39 is 4.92 Å². The Morgan fingerprint density at radius 2 is 2.38 bits per heavy atom. The summed E-state index contributed by atoms with van der Waals surface area (Å²) < 4.78 is 0. The minimum Gasteiger partial charge on any atom is -0.364 e. The topological polar surface area (TPSA) is 68.1 Å². The molecule has 1 heterocycles. The minimum absolute atomic E-state index is 0.000509. The monoisotopic (exact) mass is 219 g/mol. The lowest BCUT2D eigenvalue weighted by molar-refractivity contribution is -0.384. The number of anilines is 1. The zero-order valence-corrected chi connectivity index (χ0v) is 8.85. The number of aromatic nitrogens is 1. The van der Waals surface area contributed by atoms with E-state index in [-0.39, 0.29) is 5.69 Å². The number of unbranched alkanes of at least 4 members (excludes halogenated alkanes) is 2. The lowest BCUT2D eigenvalue weighted by Crippen LogP contribution is -2.05. The van der Waals surface area contributed by atoms with Crippen molar-refractivity contribution >= 4 is 11.5 Å². The van der Waals surface area contributed by atoms with Crippen molar-refractivity contribution in [2.45, 2.75) is 19.3 Å². The number of nitro groups is 1. The van der Waals surface area contributed by atoms with Crippen molar-refractivity contribution in [3.05, 3.63) is 28.4 Å². The first kappa shape index (κ1) is 12.0. The van der Waals surface area contributed by atoms with Gasteiger partial charge in [0.15, 0.2) is 0 Å². The van der Waals surface area contributed by atoms with Crippen LogP contribution in [0.25, 0.3) is 0 Å². The summed E-state index contributed by atoms with van der Waals surface area (Å²) in [5.41, 5.74) is -0.000509. The second-order valence-corrected chi connectivity index (χ2v) is 3.22. The van der Waals surface area contributed by atoms with Gasteiger partial charge in [-0.15, -0.1) is 12.3 Å². The fourth-order valence-electron chi connectivity index (χ4n) is 1.24. The van der Waals surface area contributed by atoms with E-state index in [2.05, 4.69) is 16.2 Å². The van der Waals surface area contributed by atoms with Crippen LogP contribution < -0.4 is 5.32 Å². The van der Waals surface area contributed by atoms with Gasteiger partial charge in [-0.05, 0) is 18.9 Å². The third kappa shape index (κ3) is 3.58. The second-order valence-electron chi connectivity index (χ2n) is 3.22. The molecule has 0 saturated heterocycles. The summed E-state index contributed by atoms with van der Waals surface area (Å²) >= 11 is 0. The van der Waals surface area contributed by atoms with Gasteiger partial charge in [-0.3, -0.25) is 10.1 Å². The number of rotatable bonds is 6. The van der Waals surface area contributed by atoms with Gasteiger partial charge < -0.3 is 5.32 Å². The van der Waals surface area contributed by atoms with Crippen molar-refractivity contribution in [3.8, 4) is 12.3 Å². The third-order valence-corrected chi connectivity index (χ3v) is 2.02. The van der Waals surface area contributed by atoms with Crippen molar-refractivity contribution in [1.82, 2.24) is 4.98 Å². The number of hydrogen-bond acceptors (Lipinski definition) is 4. The van der Waals surface area contributed by atoms with Gasteiger partial charge in [0, 0.05) is 25.2 Å². The van der Waals surface area contributed by atoms with E-state index in [0.717, 1.165) is 19.3 Å². The molecule has 0 bridgehead atoms. The first-order chi connectivity index (χ1) is 7.75. The van der Waals surface area contributed by atoms with Crippen molar-refractivity contribution < 1.29 is 4.92 Å². The number of pyridine rings is 1. The van der Waals surface area contributed by atoms with Crippen LogP contribution in [0, 0.1) is 22.5 Å². The molecule has 1 N–H and O–H groups in total. The molecular formula is C11H13N3O2. The van der Waals surface area contributed by atoms with Crippen LogP contribution in [0.2, 0.25) is 0 Å². The molecule has 1 aromatic heterocycles. The highest BCUT2D eigenvalue weighted by Gasteiger charge is 2.12. The van der Waals surface area contributed by atoms with Gasteiger partial charge in [-0.2, -0.15) is 0 Å². The molecule has 0 radical (unpaired) electrons. The SMILES string of the molecule is C#CCCCCNc1ncccc1[N+](=O)[O-]. The summed E-state index contributed by atoms with van der Waals surface area (Å²) in [7, 11) is 0. The molecule has 84 valence electrons. The molecule has 0 aromatic carbocycles. The average Bonchev–Trinajstić information content (AvgIpc) is 2.29. The predicted octanol–water partition coefficient (Wildman–Crippen LogP) is 2.21. The van der Waals surface area contributed by atoms with Gasteiger partial charge in [0.1, 0.15) is 0 Å². The quantitative estimate of drug-likeness (QED) is 0.344. The van der Waals surface area contributed by atoms with E-state index in [1.54, 1.807) is 6.07 Å². The molecule has 0 aliphatic carbocycles. The first-order valence-electron chi connectivity index (χ1n) is 5.02. The molecular weight excluding hydrogens is 206 g/mol. The molecule has 0 fully saturated rings. The minimum atomic E-state index is -0.448. The highest BCUT2D eigenvalue weighted by atomic mass is 16.6. The summed E-state index contributed by atoms with van der Waals surface area (Å²) in [6.07, 6.45) is 9.15. The second kappa shape index (κ2) is 6.40. The molecule has 0 aliphatic rings. The highest BCUT2D eigenvalue weighted by molar-refractivity contribution is 5.54. The van der Waals surface area contributed by atoms with Crippen LogP contribution in [0.5, 0.6) is 0 Å². The zero-order valence-electron chi connectivity index (χ0n) is 8.85.